The number of rotatable bonds is 6. The molecular weight excluding hydrogens is 335 g/mol. The predicted molar refractivity (Wildman–Crippen MR) is 98.6 cm³/mol. The fourth-order valence-corrected chi connectivity index (χ4v) is 3.04. The van der Waals surface area contributed by atoms with Crippen LogP contribution in [0, 0.1) is 5.82 Å². The topological polar surface area (TPSA) is 35.0 Å². The first-order valence-electron chi connectivity index (χ1n) is 8.10. The molecule has 0 fully saturated rings. The number of para-hydroxylation sites is 1. The minimum absolute atomic E-state index is 0.212. The Morgan fingerprint density at radius 3 is 2.44 bits per heavy atom. The van der Waals surface area contributed by atoms with Crippen molar-refractivity contribution in [3.63, 3.8) is 0 Å². The molecule has 0 saturated carbocycles. The molecule has 1 heterocycles. The molecule has 0 saturated heterocycles. The molecule has 5 heteroatoms. The summed E-state index contributed by atoms with van der Waals surface area (Å²) < 4.78 is 19.6. The van der Waals surface area contributed by atoms with Crippen LogP contribution in [-0.4, -0.2) is 9.97 Å². The monoisotopic (exact) mass is 354 g/mol. The number of nitrogens with zero attached hydrogens (tertiary/aromatic N) is 2. The van der Waals surface area contributed by atoms with Crippen LogP contribution in [0.2, 0.25) is 0 Å². The van der Waals surface area contributed by atoms with Crippen LogP contribution in [0.25, 0.3) is 0 Å². The Bertz CT molecular complexity index is 840. The molecule has 0 N–H and O–H groups in total. The van der Waals surface area contributed by atoms with E-state index in [1.165, 1.54) is 17.8 Å². The van der Waals surface area contributed by atoms with Gasteiger partial charge in [-0.1, -0.05) is 62.0 Å². The molecule has 1 aromatic heterocycles. The highest BCUT2D eigenvalue weighted by Gasteiger charge is 2.11. The van der Waals surface area contributed by atoms with Crippen molar-refractivity contribution >= 4 is 11.8 Å². The Balaban J connectivity index is 1.81. The van der Waals surface area contributed by atoms with E-state index >= 15 is 0 Å². The highest BCUT2D eigenvalue weighted by atomic mass is 32.2. The third-order valence-electron chi connectivity index (χ3n) is 3.57. The van der Waals surface area contributed by atoms with E-state index in [4.69, 9.17) is 4.74 Å². The molecule has 2 aromatic carbocycles. The van der Waals surface area contributed by atoms with Crippen LogP contribution >= 0.6 is 11.8 Å². The van der Waals surface area contributed by atoms with Crippen LogP contribution < -0.4 is 4.74 Å². The maximum Gasteiger partial charge on any atom is 0.223 e. The lowest BCUT2D eigenvalue weighted by atomic mass is 10.1. The van der Waals surface area contributed by atoms with Gasteiger partial charge in [0.15, 0.2) is 5.16 Å². The first-order valence-corrected chi connectivity index (χ1v) is 9.08. The molecule has 25 heavy (non-hydrogen) atoms. The molecule has 0 radical (unpaired) electrons. The minimum Gasteiger partial charge on any atom is -0.439 e. The summed E-state index contributed by atoms with van der Waals surface area (Å²) >= 11 is 1.40. The molecule has 0 bridgehead atoms. The van der Waals surface area contributed by atoms with Crippen molar-refractivity contribution in [3.05, 3.63) is 77.7 Å². The molecular formula is C20H19FN2OS. The first kappa shape index (κ1) is 17.4. The molecule has 0 aliphatic rings. The highest BCUT2D eigenvalue weighted by Crippen LogP contribution is 2.27. The lowest BCUT2D eigenvalue weighted by molar-refractivity contribution is 0.453. The van der Waals surface area contributed by atoms with E-state index in [9.17, 15) is 4.39 Å². The molecule has 0 spiro atoms. The Morgan fingerprint density at radius 1 is 1.00 bits per heavy atom. The summed E-state index contributed by atoms with van der Waals surface area (Å²) in [7, 11) is 0. The molecule has 0 amide bonds. The van der Waals surface area contributed by atoms with Gasteiger partial charge in [-0.15, -0.1) is 0 Å². The second-order valence-electron chi connectivity index (χ2n) is 5.86. The summed E-state index contributed by atoms with van der Waals surface area (Å²) in [5.41, 5.74) is 1.54. The predicted octanol–water partition coefficient (Wildman–Crippen LogP) is 5.82. The van der Waals surface area contributed by atoms with Crippen molar-refractivity contribution < 1.29 is 9.13 Å². The van der Waals surface area contributed by atoms with Crippen LogP contribution in [0.15, 0.2) is 65.8 Å². The van der Waals surface area contributed by atoms with Crippen LogP contribution in [0.1, 0.15) is 31.0 Å². The molecule has 0 atom stereocenters. The van der Waals surface area contributed by atoms with Gasteiger partial charge < -0.3 is 4.74 Å². The van der Waals surface area contributed by atoms with E-state index in [1.807, 2.05) is 42.5 Å². The van der Waals surface area contributed by atoms with Crippen LogP contribution in [0.5, 0.6) is 11.6 Å². The smallest absolute Gasteiger partial charge is 0.223 e. The van der Waals surface area contributed by atoms with Gasteiger partial charge in [0.25, 0.3) is 0 Å². The van der Waals surface area contributed by atoms with Crippen molar-refractivity contribution in [2.45, 2.75) is 30.7 Å². The molecule has 0 aliphatic carbocycles. The maximum absolute atomic E-state index is 13.8. The van der Waals surface area contributed by atoms with E-state index < -0.39 is 0 Å². The third kappa shape index (κ3) is 4.79. The van der Waals surface area contributed by atoms with E-state index in [0.717, 1.165) is 11.4 Å². The van der Waals surface area contributed by atoms with Gasteiger partial charge in [-0.3, -0.25) is 0 Å². The summed E-state index contributed by atoms with van der Waals surface area (Å²) in [6.45, 7) is 4.14. The van der Waals surface area contributed by atoms with Gasteiger partial charge in [0.1, 0.15) is 11.6 Å². The summed E-state index contributed by atoms with van der Waals surface area (Å²) in [6.07, 6.45) is 0. The summed E-state index contributed by atoms with van der Waals surface area (Å²) in [5.74, 6) is 1.73. The lowest BCUT2D eigenvalue weighted by Gasteiger charge is -2.11. The van der Waals surface area contributed by atoms with Crippen molar-refractivity contribution in [1.29, 1.82) is 0 Å². The van der Waals surface area contributed by atoms with Gasteiger partial charge in [0.05, 0.1) is 5.69 Å². The van der Waals surface area contributed by atoms with E-state index in [0.29, 0.717) is 22.4 Å². The van der Waals surface area contributed by atoms with Gasteiger partial charge in [0.2, 0.25) is 5.88 Å². The number of hydrogen-bond acceptors (Lipinski definition) is 4. The maximum atomic E-state index is 13.8. The average molecular weight is 354 g/mol. The molecule has 0 aliphatic heterocycles. The lowest BCUT2D eigenvalue weighted by Crippen LogP contribution is -2.00. The zero-order chi connectivity index (χ0) is 17.6. The molecule has 0 unspecified atom stereocenters. The Morgan fingerprint density at radius 2 is 1.72 bits per heavy atom. The number of ether oxygens (including phenoxy) is 1. The third-order valence-corrected chi connectivity index (χ3v) is 4.47. The summed E-state index contributed by atoms with van der Waals surface area (Å²) in [6, 6.07) is 18.1. The zero-order valence-electron chi connectivity index (χ0n) is 14.1. The van der Waals surface area contributed by atoms with Gasteiger partial charge in [-0.2, -0.15) is 4.98 Å². The quantitative estimate of drug-likeness (QED) is 0.412. The SMILES string of the molecule is CC(C)c1cc(Oc2ccccc2)nc(SCc2ccccc2F)n1. The van der Waals surface area contributed by atoms with E-state index in [2.05, 4.69) is 23.8 Å². The Labute approximate surface area is 151 Å². The standard InChI is InChI=1S/C20H19FN2OS/c1-14(2)18-12-19(24-16-9-4-3-5-10-16)23-20(22-18)25-13-15-8-6-7-11-17(15)21/h3-12,14H,13H2,1-2H3. The van der Waals surface area contributed by atoms with E-state index in [1.54, 1.807) is 12.1 Å². The van der Waals surface area contributed by atoms with E-state index in [-0.39, 0.29) is 11.7 Å². The van der Waals surface area contributed by atoms with Crippen LogP contribution in [-0.2, 0) is 5.75 Å². The van der Waals surface area contributed by atoms with Gasteiger partial charge in [0, 0.05) is 11.8 Å². The molecule has 128 valence electrons. The number of thioether (sulfide) groups is 1. The van der Waals surface area contributed by atoms with Gasteiger partial charge >= 0.3 is 0 Å². The first-order chi connectivity index (χ1) is 12.1. The van der Waals surface area contributed by atoms with Crippen molar-refractivity contribution in [2.24, 2.45) is 0 Å². The number of benzene rings is 2. The van der Waals surface area contributed by atoms with Crippen molar-refractivity contribution in [1.82, 2.24) is 9.97 Å². The number of hydrogen-bond donors (Lipinski definition) is 0. The zero-order valence-corrected chi connectivity index (χ0v) is 15.0. The minimum atomic E-state index is -0.212. The Kier molecular flexibility index (Phi) is 5.66. The fourth-order valence-electron chi connectivity index (χ4n) is 2.20. The average Bonchev–Trinajstić information content (AvgIpc) is 2.62. The fraction of sp³-hybridized carbons (Fsp3) is 0.200. The highest BCUT2D eigenvalue weighted by molar-refractivity contribution is 7.98. The summed E-state index contributed by atoms with van der Waals surface area (Å²) in [4.78, 5) is 9.03. The second kappa shape index (κ2) is 8.12. The largest absolute Gasteiger partial charge is 0.439 e. The molecule has 3 nitrogen and oxygen atoms in total. The Hall–Kier alpha value is -2.40. The van der Waals surface area contributed by atoms with Crippen molar-refractivity contribution in [2.75, 3.05) is 0 Å². The number of halogens is 1. The van der Waals surface area contributed by atoms with Gasteiger partial charge in [-0.05, 0) is 29.7 Å². The molecule has 3 rings (SSSR count). The molecule has 3 aromatic rings. The second-order valence-corrected chi connectivity index (χ2v) is 6.81. The van der Waals surface area contributed by atoms with Crippen molar-refractivity contribution in [3.8, 4) is 11.6 Å². The normalized spacial score (nSPS) is 10.9. The van der Waals surface area contributed by atoms with Gasteiger partial charge in [-0.25, -0.2) is 9.37 Å². The summed E-state index contributed by atoms with van der Waals surface area (Å²) in [5, 5.41) is 0.584. The van der Waals surface area contributed by atoms with Crippen LogP contribution in [0.4, 0.5) is 4.39 Å². The number of aromatic nitrogens is 2. The van der Waals surface area contributed by atoms with Crippen LogP contribution in [0.3, 0.4) is 0 Å².